The molecule has 1 nitrogen and oxygen atoms in total. The summed E-state index contributed by atoms with van der Waals surface area (Å²) < 4.78 is 0. The molecule has 2 rings (SSSR count). The Labute approximate surface area is 86.6 Å². The number of carbonyl (C=O) groups is 1. The van der Waals surface area contributed by atoms with Gasteiger partial charge < -0.3 is 0 Å². The molecule has 2 aliphatic rings. The van der Waals surface area contributed by atoms with Crippen molar-refractivity contribution < 1.29 is 4.79 Å². The highest BCUT2D eigenvalue weighted by molar-refractivity contribution is 5.80. The molecule has 1 heteroatoms. The maximum absolute atomic E-state index is 11.7. The van der Waals surface area contributed by atoms with Crippen molar-refractivity contribution in [1.29, 1.82) is 0 Å². The highest BCUT2D eigenvalue weighted by Gasteiger charge is 2.45. The van der Waals surface area contributed by atoms with Gasteiger partial charge in [-0.2, -0.15) is 0 Å². The van der Waals surface area contributed by atoms with Crippen molar-refractivity contribution in [2.75, 3.05) is 0 Å². The van der Waals surface area contributed by atoms with Crippen LogP contribution in [0.15, 0.2) is 12.2 Å². The molecule has 1 fully saturated rings. The molecule has 0 saturated heterocycles. The van der Waals surface area contributed by atoms with E-state index in [1.165, 1.54) is 25.7 Å². The molecule has 2 atom stereocenters. The summed E-state index contributed by atoms with van der Waals surface area (Å²) >= 11 is 0. The Bertz CT molecular complexity index is 258. The van der Waals surface area contributed by atoms with Crippen LogP contribution >= 0.6 is 0 Å². The molecular formula is C13H20O. The van der Waals surface area contributed by atoms with Crippen LogP contribution < -0.4 is 0 Å². The van der Waals surface area contributed by atoms with Crippen LogP contribution in [0.5, 0.6) is 0 Å². The topological polar surface area (TPSA) is 17.1 Å². The molecule has 1 saturated carbocycles. The van der Waals surface area contributed by atoms with Gasteiger partial charge in [0.15, 0.2) is 0 Å². The molecular weight excluding hydrogens is 172 g/mol. The van der Waals surface area contributed by atoms with Crippen LogP contribution in [0.3, 0.4) is 0 Å². The molecule has 0 N–H and O–H groups in total. The first-order valence-electron chi connectivity index (χ1n) is 5.83. The van der Waals surface area contributed by atoms with Crippen LogP contribution in [0, 0.1) is 17.3 Å². The molecule has 2 unspecified atom stereocenters. The largest absolute Gasteiger partial charge is 0.300 e. The zero-order chi connectivity index (χ0) is 10.2. The van der Waals surface area contributed by atoms with E-state index in [9.17, 15) is 4.79 Å². The lowest BCUT2D eigenvalue weighted by Crippen LogP contribution is -2.38. The lowest BCUT2D eigenvalue weighted by atomic mass is 9.62. The van der Waals surface area contributed by atoms with E-state index >= 15 is 0 Å². The third-order valence-electron chi connectivity index (χ3n) is 4.19. The average molecular weight is 192 g/mol. The Morgan fingerprint density at radius 3 is 2.57 bits per heavy atom. The van der Waals surface area contributed by atoms with E-state index in [4.69, 9.17) is 0 Å². The van der Waals surface area contributed by atoms with Gasteiger partial charge in [0.05, 0.1) is 0 Å². The first kappa shape index (κ1) is 9.95. The van der Waals surface area contributed by atoms with Gasteiger partial charge in [-0.25, -0.2) is 0 Å². The molecule has 0 radical (unpaired) electrons. The summed E-state index contributed by atoms with van der Waals surface area (Å²) in [5, 5.41) is 0. The fourth-order valence-electron chi connectivity index (χ4n) is 3.71. The number of carbonyl (C=O) groups excluding carboxylic acids is 1. The molecule has 0 amide bonds. The van der Waals surface area contributed by atoms with Gasteiger partial charge in [-0.15, -0.1) is 0 Å². The summed E-state index contributed by atoms with van der Waals surface area (Å²) in [5.74, 6) is 1.16. The van der Waals surface area contributed by atoms with E-state index in [1.807, 2.05) is 0 Å². The van der Waals surface area contributed by atoms with Gasteiger partial charge in [-0.3, -0.25) is 4.79 Å². The molecule has 0 aromatic carbocycles. The summed E-state index contributed by atoms with van der Waals surface area (Å²) in [6, 6.07) is 0. The Balaban J connectivity index is 2.30. The number of hydrogen-bond donors (Lipinski definition) is 0. The van der Waals surface area contributed by atoms with Gasteiger partial charge in [0.1, 0.15) is 5.78 Å². The predicted octanol–water partition coefficient (Wildman–Crippen LogP) is 3.35. The van der Waals surface area contributed by atoms with Crippen molar-refractivity contribution in [3.63, 3.8) is 0 Å². The molecule has 0 aliphatic heterocycles. The summed E-state index contributed by atoms with van der Waals surface area (Å²) in [7, 11) is 0. The number of ketones is 1. The van der Waals surface area contributed by atoms with Crippen LogP contribution in [-0.2, 0) is 4.79 Å². The van der Waals surface area contributed by atoms with Crippen LogP contribution in [0.25, 0.3) is 0 Å². The van der Waals surface area contributed by atoms with Crippen LogP contribution in [0.2, 0.25) is 0 Å². The minimum Gasteiger partial charge on any atom is -0.300 e. The van der Waals surface area contributed by atoms with Crippen molar-refractivity contribution in [2.24, 2.45) is 17.3 Å². The fourth-order valence-corrected chi connectivity index (χ4v) is 3.71. The van der Waals surface area contributed by atoms with Crippen molar-refractivity contribution in [2.45, 2.75) is 46.0 Å². The monoisotopic (exact) mass is 192 g/mol. The lowest BCUT2D eigenvalue weighted by molar-refractivity contribution is -0.126. The quantitative estimate of drug-likeness (QED) is 0.582. The second-order valence-electron chi connectivity index (χ2n) is 5.15. The van der Waals surface area contributed by atoms with Gasteiger partial charge in [0, 0.05) is 5.92 Å². The van der Waals surface area contributed by atoms with E-state index in [2.05, 4.69) is 19.1 Å². The lowest BCUT2D eigenvalue weighted by Gasteiger charge is -2.41. The van der Waals surface area contributed by atoms with Gasteiger partial charge in [0.2, 0.25) is 0 Å². The first-order chi connectivity index (χ1) is 6.66. The standard InChI is InChI=1S/C13H20O/c1-10-6-5-9-13(7-3-4-8-13)12(10)11(2)14/h5-6,10,12H,3-4,7-9H2,1-2H3. The van der Waals surface area contributed by atoms with Crippen molar-refractivity contribution in [3.05, 3.63) is 12.2 Å². The second-order valence-corrected chi connectivity index (χ2v) is 5.15. The molecule has 14 heavy (non-hydrogen) atoms. The zero-order valence-electron chi connectivity index (χ0n) is 9.25. The predicted molar refractivity (Wildman–Crippen MR) is 58.0 cm³/mol. The smallest absolute Gasteiger partial charge is 0.134 e. The maximum Gasteiger partial charge on any atom is 0.134 e. The van der Waals surface area contributed by atoms with Crippen LogP contribution in [0.1, 0.15) is 46.0 Å². The molecule has 0 aromatic rings. The Hall–Kier alpha value is -0.590. The Morgan fingerprint density at radius 1 is 1.36 bits per heavy atom. The van der Waals surface area contributed by atoms with E-state index in [-0.39, 0.29) is 0 Å². The third-order valence-corrected chi connectivity index (χ3v) is 4.19. The van der Waals surface area contributed by atoms with E-state index in [0.717, 1.165) is 6.42 Å². The van der Waals surface area contributed by atoms with Crippen molar-refractivity contribution >= 4 is 5.78 Å². The highest BCUT2D eigenvalue weighted by Crippen LogP contribution is 2.52. The molecule has 0 aromatic heterocycles. The van der Waals surface area contributed by atoms with Crippen molar-refractivity contribution in [1.82, 2.24) is 0 Å². The summed E-state index contributed by atoms with van der Waals surface area (Å²) in [6.07, 6.45) is 10.9. The van der Waals surface area contributed by atoms with Crippen LogP contribution in [0.4, 0.5) is 0 Å². The minimum atomic E-state index is 0.301. The molecule has 0 heterocycles. The van der Waals surface area contributed by atoms with E-state index < -0.39 is 0 Å². The summed E-state index contributed by atoms with van der Waals surface area (Å²) in [5.41, 5.74) is 0.347. The Morgan fingerprint density at radius 2 is 2.00 bits per heavy atom. The number of rotatable bonds is 1. The summed E-state index contributed by atoms with van der Waals surface area (Å²) in [6.45, 7) is 3.97. The zero-order valence-corrected chi connectivity index (χ0v) is 9.25. The molecule has 78 valence electrons. The normalized spacial score (nSPS) is 35.0. The molecule has 1 spiro atoms. The van der Waals surface area contributed by atoms with Crippen molar-refractivity contribution in [3.8, 4) is 0 Å². The number of hydrogen-bond acceptors (Lipinski definition) is 1. The van der Waals surface area contributed by atoms with Gasteiger partial charge >= 0.3 is 0 Å². The van der Waals surface area contributed by atoms with Crippen LogP contribution in [-0.4, -0.2) is 5.78 Å². The molecule has 2 aliphatic carbocycles. The minimum absolute atomic E-state index is 0.301. The van der Waals surface area contributed by atoms with Gasteiger partial charge in [-0.05, 0) is 37.5 Å². The Kier molecular flexibility index (Phi) is 2.50. The fraction of sp³-hybridized carbons (Fsp3) is 0.769. The SMILES string of the molecule is CC(=O)C1C(C)C=CCC12CCCC2. The second kappa shape index (κ2) is 3.52. The summed E-state index contributed by atoms with van der Waals surface area (Å²) in [4.78, 5) is 11.7. The third kappa shape index (κ3) is 1.43. The number of Topliss-reactive ketones (excluding diaryl/α,β-unsaturated/α-hetero) is 1. The maximum atomic E-state index is 11.7. The number of allylic oxidation sites excluding steroid dienone is 2. The van der Waals surface area contributed by atoms with Gasteiger partial charge in [0.25, 0.3) is 0 Å². The molecule has 0 bridgehead atoms. The van der Waals surface area contributed by atoms with Gasteiger partial charge in [-0.1, -0.05) is 31.9 Å². The highest BCUT2D eigenvalue weighted by atomic mass is 16.1. The van der Waals surface area contributed by atoms with E-state index in [0.29, 0.717) is 23.0 Å². The average Bonchev–Trinajstić information content (AvgIpc) is 2.53. The van der Waals surface area contributed by atoms with E-state index in [1.54, 1.807) is 6.92 Å². The first-order valence-corrected chi connectivity index (χ1v) is 5.83.